The van der Waals surface area contributed by atoms with Crippen molar-refractivity contribution in [1.82, 2.24) is 9.55 Å². The molecule has 0 amide bonds. The number of rotatable bonds is 3. The molecule has 0 spiro atoms. The zero-order valence-corrected chi connectivity index (χ0v) is 11.9. The van der Waals surface area contributed by atoms with Gasteiger partial charge in [-0.05, 0) is 25.7 Å². The molecule has 0 radical (unpaired) electrons. The fraction of sp³-hybridized carbons (Fsp3) is 0.769. The summed E-state index contributed by atoms with van der Waals surface area (Å²) in [6.45, 7) is 0. The topological polar surface area (TPSA) is 64.0 Å². The average Bonchev–Trinajstić information content (AvgIpc) is 2.96. The van der Waals surface area contributed by atoms with Gasteiger partial charge in [-0.1, -0.05) is 12.8 Å². The molecule has 1 N–H and O–H groups in total. The highest BCUT2D eigenvalue weighted by atomic mass is 32.2. The molecule has 0 aromatic carbocycles. The van der Waals surface area contributed by atoms with Crippen molar-refractivity contribution in [2.75, 3.05) is 16.8 Å². The van der Waals surface area contributed by atoms with E-state index in [0.717, 1.165) is 18.8 Å². The summed E-state index contributed by atoms with van der Waals surface area (Å²) >= 11 is 0. The second-order valence-electron chi connectivity index (χ2n) is 5.69. The van der Waals surface area contributed by atoms with Crippen molar-refractivity contribution in [3.05, 3.63) is 12.4 Å². The van der Waals surface area contributed by atoms with Crippen LogP contribution in [0.5, 0.6) is 0 Å². The molecule has 106 valence electrons. The second kappa shape index (κ2) is 5.15. The number of nitrogens with one attached hydrogen (secondary N) is 1. The van der Waals surface area contributed by atoms with Gasteiger partial charge in [0.05, 0.1) is 11.5 Å². The zero-order chi connectivity index (χ0) is 13.3. The molecule has 1 aliphatic carbocycles. The Bertz CT molecular complexity index is 532. The molecule has 1 unspecified atom stereocenters. The molecule has 2 aliphatic rings. The summed E-state index contributed by atoms with van der Waals surface area (Å²) < 4.78 is 25.5. The van der Waals surface area contributed by atoms with Gasteiger partial charge in [-0.3, -0.25) is 0 Å². The van der Waals surface area contributed by atoms with Crippen molar-refractivity contribution < 1.29 is 8.42 Å². The van der Waals surface area contributed by atoms with Crippen LogP contribution in [0.15, 0.2) is 12.4 Å². The molecule has 1 saturated carbocycles. The molecule has 1 aromatic heterocycles. The summed E-state index contributed by atoms with van der Waals surface area (Å²) in [4.78, 5) is 4.36. The third-order valence-corrected chi connectivity index (χ3v) is 6.00. The van der Waals surface area contributed by atoms with Crippen LogP contribution < -0.4 is 5.32 Å². The van der Waals surface area contributed by atoms with Crippen LogP contribution >= 0.6 is 0 Å². The average molecular weight is 283 g/mol. The number of aromatic nitrogens is 2. The van der Waals surface area contributed by atoms with Crippen LogP contribution in [-0.2, 0) is 9.84 Å². The van der Waals surface area contributed by atoms with Crippen LogP contribution in [0.25, 0.3) is 0 Å². The summed E-state index contributed by atoms with van der Waals surface area (Å²) in [5.74, 6) is 1.42. The lowest BCUT2D eigenvalue weighted by Crippen LogP contribution is -2.35. The Kier molecular flexibility index (Phi) is 3.52. The number of nitrogens with zero attached hydrogens (tertiary/aromatic N) is 2. The van der Waals surface area contributed by atoms with Gasteiger partial charge in [0, 0.05) is 24.5 Å². The Hall–Kier alpha value is -1.04. The number of hydrogen-bond donors (Lipinski definition) is 1. The predicted octanol–water partition coefficient (Wildman–Crippen LogP) is 1.99. The molecular weight excluding hydrogens is 262 g/mol. The van der Waals surface area contributed by atoms with Crippen molar-refractivity contribution in [3.8, 4) is 0 Å². The van der Waals surface area contributed by atoms with E-state index in [1.807, 2.05) is 6.20 Å². The van der Waals surface area contributed by atoms with Gasteiger partial charge in [0.1, 0.15) is 0 Å². The first-order chi connectivity index (χ1) is 9.14. The van der Waals surface area contributed by atoms with Crippen molar-refractivity contribution in [2.45, 2.75) is 50.6 Å². The standard InChI is InChI=1S/C13H21N3O2S/c17-19(18)9-3-4-11(10-19)15-13-14-7-8-16(13)12-5-1-2-6-12/h7-8,11-12H,1-6,9-10H2,(H,14,15). The van der Waals surface area contributed by atoms with Crippen LogP contribution in [-0.4, -0.2) is 35.5 Å². The largest absolute Gasteiger partial charge is 0.352 e. The monoisotopic (exact) mass is 283 g/mol. The first-order valence-electron chi connectivity index (χ1n) is 7.14. The third-order valence-electron chi connectivity index (χ3n) is 4.18. The van der Waals surface area contributed by atoms with Crippen LogP contribution in [0.1, 0.15) is 44.6 Å². The summed E-state index contributed by atoms with van der Waals surface area (Å²) in [7, 11) is -2.87. The highest BCUT2D eigenvalue weighted by molar-refractivity contribution is 7.91. The minimum Gasteiger partial charge on any atom is -0.352 e. The Labute approximate surface area is 114 Å². The van der Waals surface area contributed by atoms with E-state index in [0.29, 0.717) is 11.8 Å². The second-order valence-corrected chi connectivity index (χ2v) is 7.92. The van der Waals surface area contributed by atoms with Crippen LogP contribution in [0, 0.1) is 0 Å². The number of anilines is 1. The van der Waals surface area contributed by atoms with E-state index in [1.54, 1.807) is 6.20 Å². The minimum absolute atomic E-state index is 0.0151. The maximum atomic E-state index is 11.7. The smallest absolute Gasteiger partial charge is 0.203 e. The zero-order valence-electron chi connectivity index (χ0n) is 11.1. The van der Waals surface area contributed by atoms with E-state index in [2.05, 4.69) is 14.9 Å². The summed E-state index contributed by atoms with van der Waals surface area (Å²) in [6, 6.07) is 0.548. The number of imidazole rings is 1. The summed E-state index contributed by atoms with van der Waals surface area (Å²) in [5, 5.41) is 3.33. The number of hydrogen-bond acceptors (Lipinski definition) is 4. The van der Waals surface area contributed by atoms with Gasteiger partial charge >= 0.3 is 0 Å². The van der Waals surface area contributed by atoms with E-state index in [4.69, 9.17) is 0 Å². The van der Waals surface area contributed by atoms with E-state index >= 15 is 0 Å². The van der Waals surface area contributed by atoms with Crippen molar-refractivity contribution in [3.63, 3.8) is 0 Å². The van der Waals surface area contributed by atoms with Crippen molar-refractivity contribution >= 4 is 15.8 Å². The highest BCUT2D eigenvalue weighted by Gasteiger charge is 2.26. The van der Waals surface area contributed by atoms with Crippen molar-refractivity contribution in [1.29, 1.82) is 0 Å². The number of sulfone groups is 1. The van der Waals surface area contributed by atoms with Gasteiger partial charge in [-0.2, -0.15) is 0 Å². The molecule has 0 bridgehead atoms. The first kappa shape index (κ1) is 13.0. The molecular formula is C13H21N3O2S. The Balaban J connectivity index is 1.71. The lowest BCUT2D eigenvalue weighted by molar-refractivity contribution is 0.516. The van der Waals surface area contributed by atoms with Gasteiger partial charge in [-0.15, -0.1) is 0 Å². The maximum Gasteiger partial charge on any atom is 0.203 e. The van der Waals surface area contributed by atoms with E-state index in [9.17, 15) is 8.42 Å². The lowest BCUT2D eigenvalue weighted by atomic mass is 10.2. The van der Waals surface area contributed by atoms with Gasteiger partial charge in [0.15, 0.2) is 9.84 Å². The first-order valence-corrected chi connectivity index (χ1v) is 8.96. The third kappa shape index (κ3) is 2.94. The molecule has 5 nitrogen and oxygen atoms in total. The van der Waals surface area contributed by atoms with Crippen LogP contribution in [0.2, 0.25) is 0 Å². The fourth-order valence-electron chi connectivity index (χ4n) is 3.22. The summed E-state index contributed by atoms with van der Waals surface area (Å²) in [6.07, 6.45) is 10.4. The van der Waals surface area contributed by atoms with E-state index in [1.165, 1.54) is 25.7 Å². The minimum atomic E-state index is -2.87. The normalized spacial score (nSPS) is 27.5. The molecule has 2 heterocycles. The van der Waals surface area contributed by atoms with E-state index < -0.39 is 9.84 Å². The molecule has 19 heavy (non-hydrogen) atoms. The quantitative estimate of drug-likeness (QED) is 0.921. The Morgan fingerprint density at radius 3 is 2.74 bits per heavy atom. The van der Waals surface area contributed by atoms with Gasteiger partial charge in [-0.25, -0.2) is 13.4 Å². The van der Waals surface area contributed by atoms with E-state index in [-0.39, 0.29) is 11.8 Å². The molecule has 1 aromatic rings. The SMILES string of the molecule is O=S1(=O)CCCC(Nc2nccn2C2CCCC2)C1. The molecule has 1 saturated heterocycles. The predicted molar refractivity (Wildman–Crippen MR) is 75.0 cm³/mol. The fourth-order valence-corrected chi connectivity index (χ4v) is 4.86. The summed E-state index contributed by atoms with van der Waals surface area (Å²) in [5.41, 5.74) is 0. The molecule has 1 aliphatic heterocycles. The van der Waals surface area contributed by atoms with Crippen molar-refractivity contribution in [2.24, 2.45) is 0 Å². The maximum absolute atomic E-state index is 11.7. The van der Waals surface area contributed by atoms with Gasteiger partial charge < -0.3 is 9.88 Å². The van der Waals surface area contributed by atoms with Gasteiger partial charge in [0.25, 0.3) is 0 Å². The van der Waals surface area contributed by atoms with Gasteiger partial charge in [0.2, 0.25) is 5.95 Å². The highest BCUT2D eigenvalue weighted by Crippen LogP contribution is 2.31. The molecule has 2 fully saturated rings. The molecule has 6 heteroatoms. The molecule has 1 atom stereocenters. The Morgan fingerprint density at radius 2 is 2.00 bits per heavy atom. The lowest BCUT2D eigenvalue weighted by Gasteiger charge is -2.25. The Morgan fingerprint density at radius 1 is 1.21 bits per heavy atom. The van der Waals surface area contributed by atoms with Crippen LogP contribution in [0.3, 0.4) is 0 Å². The van der Waals surface area contributed by atoms with Crippen LogP contribution in [0.4, 0.5) is 5.95 Å². The molecule has 3 rings (SSSR count).